The van der Waals surface area contributed by atoms with Crippen LogP contribution in [0.25, 0.3) is 0 Å². The molecule has 1 heterocycles. The number of nitrogens with zero attached hydrogens (tertiary/aromatic N) is 2. The van der Waals surface area contributed by atoms with Crippen molar-refractivity contribution in [3.63, 3.8) is 0 Å². The lowest BCUT2D eigenvalue weighted by atomic mass is 10.2. The van der Waals surface area contributed by atoms with Gasteiger partial charge in [0.05, 0.1) is 12.7 Å². The van der Waals surface area contributed by atoms with Gasteiger partial charge in [0.25, 0.3) is 0 Å². The second-order valence-corrected chi connectivity index (χ2v) is 4.25. The highest BCUT2D eigenvalue weighted by Crippen LogP contribution is 2.17. The van der Waals surface area contributed by atoms with Crippen molar-refractivity contribution in [2.45, 2.75) is 13.5 Å². The molecule has 0 saturated carbocycles. The Hall–Kier alpha value is -1.88. The number of aromatic carboxylic acids is 1. The predicted octanol–water partition coefficient (Wildman–Crippen LogP) is 2.73. The maximum atomic E-state index is 13.6. The van der Waals surface area contributed by atoms with Crippen LogP contribution in [0.15, 0.2) is 24.4 Å². The molecule has 6 heteroatoms. The molecule has 0 aliphatic rings. The van der Waals surface area contributed by atoms with Gasteiger partial charge in [0.2, 0.25) is 0 Å². The number of benzene rings is 1. The summed E-state index contributed by atoms with van der Waals surface area (Å²) in [6.07, 6.45) is 1.26. The van der Waals surface area contributed by atoms with Crippen LogP contribution in [0.3, 0.4) is 0 Å². The molecule has 1 N–H and O–H groups in total. The van der Waals surface area contributed by atoms with E-state index in [2.05, 4.69) is 4.98 Å². The highest BCUT2D eigenvalue weighted by atomic mass is 35.5. The van der Waals surface area contributed by atoms with Gasteiger partial charge in [0.1, 0.15) is 17.3 Å². The Labute approximate surface area is 108 Å². The smallest absolute Gasteiger partial charge is 0.354 e. The molecule has 0 spiro atoms. The third-order valence-corrected chi connectivity index (χ3v) is 2.85. The molecular formula is C12H10ClFN2O2. The van der Waals surface area contributed by atoms with Gasteiger partial charge in [-0.3, -0.25) is 0 Å². The molecule has 0 atom stereocenters. The van der Waals surface area contributed by atoms with Gasteiger partial charge in [-0.1, -0.05) is 17.7 Å². The largest absolute Gasteiger partial charge is 0.477 e. The summed E-state index contributed by atoms with van der Waals surface area (Å²) in [5.74, 6) is -1.04. The van der Waals surface area contributed by atoms with Crippen molar-refractivity contribution in [1.29, 1.82) is 0 Å². The van der Waals surface area contributed by atoms with Crippen LogP contribution in [-0.2, 0) is 6.54 Å². The van der Waals surface area contributed by atoms with Crippen molar-refractivity contribution in [2.75, 3.05) is 0 Å². The van der Waals surface area contributed by atoms with Gasteiger partial charge in [0, 0.05) is 10.6 Å². The first-order valence-electron chi connectivity index (χ1n) is 5.18. The van der Waals surface area contributed by atoms with Gasteiger partial charge in [-0.15, -0.1) is 0 Å². The van der Waals surface area contributed by atoms with Crippen molar-refractivity contribution in [2.24, 2.45) is 0 Å². The second-order valence-electron chi connectivity index (χ2n) is 3.82. The summed E-state index contributed by atoms with van der Waals surface area (Å²) >= 11 is 5.66. The first-order valence-corrected chi connectivity index (χ1v) is 5.56. The summed E-state index contributed by atoms with van der Waals surface area (Å²) < 4.78 is 15.1. The lowest BCUT2D eigenvalue weighted by molar-refractivity contribution is 0.0685. The van der Waals surface area contributed by atoms with Gasteiger partial charge in [-0.05, 0) is 19.1 Å². The Morgan fingerprint density at radius 2 is 2.28 bits per heavy atom. The minimum atomic E-state index is -1.09. The van der Waals surface area contributed by atoms with Crippen LogP contribution >= 0.6 is 11.6 Å². The van der Waals surface area contributed by atoms with E-state index in [0.29, 0.717) is 16.4 Å². The number of hydrogen-bond acceptors (Lipinski definition) is 2. The lowest BCUT2D eigenvalue weighted by Crippen LogP contribution is -2.11. The van der Waals surface area contributed by atoms with Crippen LogP contribution in [0.4, 0.5) is 4.39 Å². The molecule has 0 saturated heterocycles. The summed E-state index contributed by atoms with van der Waals surface area (Å²) in [4.78, 5) is 14.9. The highest BCUT2D eigenvalue weighted by Gasteiger charge is 2.14. The summed E-state index contributed by atoms with van der Waals surface area (Å²) in [5.41, 5.74) is 0.393. The Morgan fingerprint density at radius 3 is 2.89 bits per heavy atom. The van der Waals surface area contributed by atoms with E-state index in [0.717, 1.165) is 0 Å². The fraction of sp³-hybridized carbons (Fsp3) is 0.167. The van der Waals surface area contributed by atoms with Gasteiger partial charge in [0.15, 0.2) is 0 Å². The minimum absolute atomic E-state index is 0.0295. The molecule has 0 radical (unpaired) electrons. The molecule has 0 amide bonds. The fourth-order valence-corrected chi connectivity index (χ4v) is 1.82. The van der Waals surface area contributed by atoms with Crippen molar-refractivity contribution in [1.82, 2.24) is 9.55 Å². The molecule has 94 valence electrons. The van der Waals surface area contributed by atoms with Gasteiger partial charge >= 0.3 is 5.97 Å². The number of carboxylic acid groups (broad SMARTS) is 1. The number of hydrogen-bond donors (Lipinski definition) is 1. The van der Waals surface area contributed by atoms with E-state index in [-0.39, 0.29) is 12.2 Å². The van der Waals surface area contributed by atoms with Crippen LogP contribution in [-0.4, -0.2) is 20.6 Å². The highest BCUT2D eigenvalue weighted by molar-refractivity contribution is 6.30. The van der Waals surface area contributed by atoms with Crippen LogP contribution < -0.4 is 0 Å². The summed E-state index contributed by atoms with van der Waals surface area (Å²) in [6, 6.07) is 4.29. The van der Waals surface area contributed by atoms with Gasteiger partial charge in [-0.25, -0.2) is 14.2 Å². The number of aryl methyl sites for hydroxylation is 1. The SMILES string of the molecule is Cc1ncc(C(=O)O)n1Cc1ccc(Cl)cc1F. The van der Waals surface area contributed by atoms with E-state index >= 15 is 0 Å². The molecular weight excluding hydrogens is 259 g/mol. The van der Waals surface area contributed by atoms with Crippen LogP contribution in [0.1, 0.15) is 21.9 Å². The maximum absolute atomic E-state index is 13.6. The number of rotatable bonds is 3. The molecule has 1 aromatic heterocycles. The zero-order valence-corrected chi connectivity index (χ0v) is 10.3. The summed E-state index contributed by atoms with van der Waals surface area (Å²) in [5, 5.41) is 9.30. The average Bonchev–Trinajstić information content (AvgIpc) is 2.64. The molecule has 2 aromatic rings. The average molecular weight is 269 g/mol. The zero-order chi connectivity index (χ0) is 13.3. The third kappa shape index (κ3) is 2.36. The Morgan fingerprint density at radius 1 is 1.56 bits per heavy atom. The Balaban J connectivity index is 2.39. The van der Waals surface area contributed by atoms with Gasteiger partial charge in [-0.2, -0.15) is 0 Å². The first-order chi connectivity index (χ1) is 8.49. The zero-order valence-electron chi connectivity index (χ0n) is 9.52. The number of halogens is 2. The maximum Gasteiger partial charge on any atom is 0.354 e. The molecule has 0 fully saturated rings. The summed E-state index contributed by atoms with van der Waals surface area (Å²) in [6.45, 7) is 1.77. The lowest BCUT2D eigenvalue weighted by Gasteiger charge is -2.09. The molecule has 1 aromatic carbocycles. The predicted molar refractivity (Wildman–Crippen MR) is 64.4 cm³/mol. The van der Waals surface area contributed by atoms with Crippen LogP contribution in [0.5, 0.6) is 0 Å². The van der Waals surface area contributed by atoms with E-state index in [1.165, 1.54) is 22.9 Å². The van der Waals surface area contributed by atoms with Crippen molar-refractivity contribution < 1.29 is 14.3 Å². The van der Waals surface area contributed by atoms with E-state index in [4.69, 9.17) is 16.7 Å². The Kier molecular flexibility index (Phi) is 3.34. The van der Waals surface area contributed by atoms with E-state index < -0.39 is 11.8 Å². The van der Waals surface area contributed by atoms with E-state index in [9.17, 15) is 9.18 Å². The van der Waals surface area contributed by atoms with Crippen LogP contribution in [0, 0.1) is 12.7 Å². The monoisotopic (exact) mass is 268 g/mol. The van der Waals surface area contributed by atoms with Crippen molar-refractivity contribution >= 4 is 17.6 Å². The number of aromatic nitrogens is 2. The molecule has 4 nitrogen and oxygen atoms in total. The normalized spacial score (nSPS) is 10.6. The molecule has 0 bridgehead atoms. The molecule has 0 aliphatic carbocycles. The second kappa shape index (κ2) is 4.78. The standard InChI is InChI=1S/C12H10ClFN2O2/c1-7-15-5-11(12(17)18)16(7)6-8-2-3-9(13)4-10(8)14/h2-5H,6H2,1H3,(H,17,18). The quantitative estimate of drug-likeness (QED) is 0.931. The fourth-order valence-electron chi connectivity index (χ4n) is 1.66. The number of carbonyl (C=O) groups is 1. The molecule has 18 heavy (non-hydrogen) atoms. The number of imidazole rings is 1. The molecule has 0 aliphatic heterocycles. The van der Waals surface area contributed by atoms with Crippen LogP contribution in [0.2, 0.25) is 5.02 Å². The van der Waals surface area contributed by atoms with Crippen molar-refractivity contribution in [3.8, 4) is 0 Å². The minimum Gasteiger partial charge on any atom is -0.477 e. The number of carboxylic acids is 1. The van der Waals surface area contributed by atoms with Crippen molar-refractivity contribution in [3.05, 3.63) is 52.3 Å². The third-order valence-electron chi connectivity index (χ3n) is 2.62. The molecule has 2 rings (SSSR count). The molecule has 0 unspecified atom stereocenters. The van der Waals surface area contributed by atoms with E-state index in [1.54, 1.807) is 13.0 Å². The topological polar surface area (TPSA) is 55.1 Å². The van der Waals surface area contributed by atoms with Gasteiger partial charge < -0.3 is 9.67 Å². The summed E-state index contributed by atoms with van der Waals surface area (Å²) in [7, 11) is 0. The first kappa shape index (κ1) is 12.6. The Bertz CT molecular complexity index is 610. The van der Waals surface area contributed by atoms with E-state index in [1.807, 2.05) is 0 Å².